The van der Waals surface area contributed by atoms with Crippen molar-refractivity contribution >= 4 is 11.8 Å². The van der Waals surface area contributed by atoms with Gasteiger partial charge in [0.2, 0.25) is 11.8 Å². The van der Waals surface area contributed by atoms with E-state index < -0.39 is 0 Å². The maximum atomic E-state index is 12.1. The van der Waals surface area contributed by atoms with Gasteiger partial charge in [-0.1, -0.05) is 6.92 Å². The highest BCUT2D eigenvalue weighted by atomic mass is 16.2. The molecule has 0 radical (unpaired) electrons. The molecule has 1 saturated heterocycles. The second kappa shape index (κ2) is 5.26. The largest absolute Gasteiger partial charge is 0.344 e. The first-order chi connectivity index (χ1) is 8.49. The molecule has 0 aromatic heterocycles. The summed E-state index contributed by atoms with van der Waals surface area (Å²) in [6, 6.07) is -0.0956. The zero-order valence-corrected chi connectivity index (χ0v) is 11.2. The van der Waals surface area contributed by atoms with Gasteiger partial charge in [0.1, 0.15) is 6.04 Å². The SMILES string of the molecule is CC1CC(C(=O)NC2CCN(C)C2=O)CCC1N. The van der Waals surface area contributed by atoms with Gasteiger partial charge in [0.25, 0.3) is 0 Å². The molecule has 1 saturated carbocycles. The highest BCUT2D eigenvalue weighted by molar-refractivity contribution is 5.89. The molecule has 2 fully saturated rings. The molecule has 18 heavy (non-hydrogen) atoms. The zero-order chi connectivity index (χ0) is 13.3. The molecular formula is C13H23N3O2. The molecule has 5 nitrogen and oxygen atoms in total. The predicted molar refractivity (Wildman–Crippen MR) is 68.7 cm³/mol. The first kappa shape index (κ1) is 13.3. The van der Waals surface area contributed by atoms with Crippen LogP contribution in [0.3, 0.4) is 0 Å². The van der Waals surface area contributed by atoms with E-state index in [2.05, 4.69) is 12.2 Å². The van der Waals surface area contributed by atoms with Crippen molar-refractivity contribution in [2.75, 3.05) is 13.6 Å². The average Bonchev–Trinajstić information content (AvgIpc) is 2.64. The molecular weight excluding hydrogens is 230 g/mol. The van der Waals surface area contributed by atoms with Gasteiger partial charge in [-0.05, 0) is 31.6 Å². The predicted octanol–water partition coefficient (Wildman–Crippen LogP) is 0.0968. The number of likely N-dealkylation sites (N-methyl/N-ethyl adjacent to an activating group) is 1. The van der Waals surface area contributed by atoms with Gasteiger partial charge in [-0.25, -0.2) is 0 Å². The van der Waals surface area contributed by atoms with Crippen LogP contribution in [-0.2, 0) is 9.59 Å². The Morgan fingerprint density at radius 3 is 2.67 bits per heavy atom. The molecule has 1 aliphatic carbocycles. The topological polar surface area (TPSA) is 75.4 Å². The van der Waals surface area contributed by atoms with Gasteiger partial charge < -0.3 is 16.0 Å². The van der Waals surface area contributed by atoms with Gasteiger partial charge in [0, 0.05) is 25.6 Å². The molecule has 3 N–H and O–H groups in total. The summed E-state index contributed by atoms with van der Waals surface area (Å²) in [5.74, 6) is 0.473. The number of nitrogens with two attached hydrogens (primary N) is 1. The van der Waals surface area contributed by atoms with Gasteiger partial charge in [-0.3, -0.25) is 9.59 Å². The fourth-order valence-electron chi connectivity index (χ4n) is 2.90. The maximum Gasteiger partial charge on any atom is 0.244 e. The van der Waals surface area contributed by atoms with Crippen LogP contribution in [-0.4, -0.2) is 42.4 Å². The second-order valence-electron chi connectivity index (χ2n) is 5.76. The summed E-state index contributed by atoms with van der Waals surface area (Å²) >= 11 is 0. The monoisotopic (exact) mass is 253 g/mol. The number of nitrogens with one attached hydrogen (secondary N) is 1. The Balaban J connectivity index is 1.87. The lowest BCUT2D eigenvalue weighted by Gasteiger charge is -2.31. The number of rotatable bonds is 2. The molecule has 0 aromatic rings. The summed E-state index contributed by atoms with van der Waals surface area (Å²) in [4.78, 5) is 25.5. The molecule has 5 heteroatoms. The molecule has 1 heterocycles. The molecule has 4 unspecified atom stereocenters. The summed E-state index contributed by atoms with van der Waals surface area (Å²) in [6.07, 6.45) is 3.30. The molecule has 4 atom stereocenters. The van der Waals surface area contributed by atoms with Crippen molar-refractivity contribution in [1.82, 2.24) is 10.2 Å². The number of nitrogens with zero attached hydrogens (tertiary/aromatic N) is 1. The molecule has 2 aliphatic rings. The number of carbonyl (C=O) groups excluding carboxylic acids is 2. The Kier molecular flexibility index (Phi) is 3.90. The lowest BCUT2D eigenvalue weighted by atomic mass is 9.79. The smallest absolute Gasteiger partial charge is 0.244 e. The first-order valence-electron chi connectivity index (χ1n) is 6.80. The Morgan fingerprint density at radius 2 is 2.11 bits per heavy atom. The van der Waals surface area contributed by atoms with E-state index in [-0.39, 0.29) is 29.8 Å². The lowest BCUT2D eigenvalue weighted by Crippen LogP contribution is -2.46. The van der Waals surface area contributed by atoms with Crippen molar-refractivity contribution in [3.8, 4) is 0 Å². The summed E-state index contributed by atoms with van der Waals surface area (Å²) in [6.45, 7) is 2.83. The van der Waals surface area contributed by atoms with E-state index in [4.69, 9.17) is 5.73 Å². The summed E-state index contributed by atoms with van der Waals surface area (Å²) in [5, 5.41) is 2.89. The molecule has 0 aromatic carbocycles. The van der Waals surface area contributed by atoms with E-state index in [0.717, 1.165) is 32.2 Å². The van der Waals surface area contributed by atoms with Gasteiger partial charge in [-0.2, -0.15) is 0 Å². The number of amides is 2. The minimum Gasteiger partial charge on any atom is -0.344 e. The van der Waals surface area contributed by atoms with Crippen LogP contribution in [0.5, 0.6) is 0 Å². The van der Waals surface area contributed by atoms with Crippen molar-refractivity contribution in [3.63, 3.8) is 0 Å². The van der Waals surface area contributed by atoms with Crippen LogP contribution in [0.1, 0.15) is 32.6 Å². The Labute approximate surface area is 108 Å². The third kappa shape index (κ3) is 2.66. The van der Waals surface area contributed by atoms with E-state index in [9.17, 15) is 9.59 Å². The van der Waals surface area contributed by atoms with Crippen LogP contribution in [0.2, 0.25) is 0 Å². The van der Waals surface area contributed by atoms with E-state index >= 15 is 0 Å². The van der Waals surface area contributed by atoms with Gasteiger partial charge in [-0.15, -0.1) is 0 Å². The molecule has 1 aliphatic heterocycles. The Morgan fingerprint density at radius 1 is 1.39 bits per heavy atom. The highest BCUT2D eigenvalue weighted by Gasteiger charge is 2.34. The number of likely N-dealkylation sites (tertiary alicyclic amines) is 1. The van der Waals surface area contributed by atoms with Crippen molar-refractivity contribution < 1.29 is 9.59 Å². The highest BCUT2D eigenvalue weighted by Crippen LogP contribution is 2.28. The number of carbonyl (C=O) groups is 2. The molecule has 2 rings (SSSR count). The molecule has 102 valence electrons. The number of hydrogen-bond acceptors (Lipinski definition) is 3. The maximum absolute atomic E-state index is 12.1. The average molecular weight is 253 g/mol. The Hall–Kier alpha value is -1.10. The van der Waals surface area contributed by atoms with Crippen molar-refractivity contribution in [3.05, 3.63) is 0 Å². The van der Waals surface area contributed by atoms with E-state index in [1.54, 1.807) is 11.9 Å². The summed E-state index contributed by atoms with van der Waals surface area (Å²) in [5.41, 5.74) is 5.95. The van der Waals surface area contributed by atoms with Crippen LogP contribution in [0.15, 0.2) is 0 Å². The van der Waals surface area contributed by atoms with Crippen LogP contribution < -0.4 is 11.1 Å². The van der Waals surface area contributed by atoms with Crippen molar-refractivity contribution in [1.29, 1.82) is 0 Å². The van der Waals surface area contributed by atoms with Crippen LogP contribution in [0, 0.1) is 11.8 Å². The van der Waals surface area contributed by atoms with E-state index in [1.165, 1.54) is 0 Å². The minimum absolute atomic E-state index is 0.0264. The quantitative estimate of drug-likeness (QED) is 0.732. The minimum atomic E-state index is -0.312. The van der Waals surface area contributed by atoms with Crippen LogP contribution in [0.4, 0.5) is 0 Å². The zero-order valence-electron chi connectivity index (χ0n) is 11.2. The normalized spacial score (nSPS) is 36.8. The molecule has 0 bridgehead atoms. The molecule has 0 spiro atoms. The van der Waals surface area contributed by atoms with E-state index in [1.807, 2.05) is 0 Å². The third-order valence-electron chi connectivity index (χ3n) is 4.35. The van der Waals surface area contributed by atoms with E-state index in [0.29, 0.717) is 5.92 Å². The number of hydrogen-bond donors (Lipinski definition) is 2. The fourth-order valence-corrected chi connectivity index (χ4v) is 2.90. The van der Waals surface area contributed by atoms with Crippen molar-refractivity contribution in [2.24, 2.45) is 17.6 Å². The standard InChI is InChI=1S/C13H23N3O2/c1-8-7-9(3-4-10(8)14)12(17)15-11-5-6-16(2)13(11)18/h8-11H,3-7,14H2,1-2H3,(H,15,17). The van der Waals surface area contributed by atoms with Gasteiger partial charge in [0.15, 0.2) is 0 Å². The Bertz CT molecular complexity index is 345. The van der Waals surface area contributed by atoms with Crippen LogP contribution in [0.25, 0.3) is 0 Å². The summed E-state index contributed by atoms with van der Waals surface area (Å²) < 4.78 is 0. The van der Waals surface area contributed by atoms with Crippen LogP contribution >= 0.6 is 0 Å². The summed E-state index contributed by atoms with van der Waals surface area (Å²) in [7, 11) is 1.77. The lowest BCUT2D eigenvalue weighted by molar-refractivity contribution is -0.133. The molecule has 2 amide bonds. The fraction of sp³-hybridized carbons (Fsp3) is 0.846. The van der Waals surface area contributed by atoms with Gasteiger partial charge >= 0.3 is 0 Å². The van der Waals surface area contributed by atoms with Gasteiger partial charge in [0.05, 0.1) is 0 Å². The second-order valence-corrected chi connectivity index (χ2v) is 5.76. The van der Waals surface area contributed by atoms with Crippen molar-refractivity contribution in [2.45, 2.75) is 44.7 Å². The third-order valence-corrected chi connectivity index (χ3v) is 4.35. The first-order valence-corrected chi connectivity index (χ1v) is 6.80.